The van der Waals surface area contributed by atoms with Crippen molar-refractivity contribution in [2.45, 2.75) is 6.92 Å². The number of anilines is 2. The first-order valence-corrected chi connectivity index (χ1v) is 4.43. The first-order chi connectivity index (χ1) is 7.29. The molecule has 6 heteroatoms. The van der Waals surface area contributed by atoms with Gasteiger partial charge in [0, 0.05) is 6.07 Å². The third kappa shape index (κ3) is 2.04. The molecule has 0 unspecified atom stereocenters. The standard InChI is InChI=1S/C9H11N5O/c1-6-7(3-4-8(12-6)15-2)13-9-10-5-11-14-9/h3-5H,1-2H3,(H2,10,11,13,14). The van der Waals surface area contributed by atoms with Crippen LogP contribution in [-0.4, -0.2) is 27.3 Å². The van der Waals surface area contributed by atoms with E-state index in [-0.39, 0.29) is 0 Å². The van der Waals surface area contributed by atoms with Crippen molar-refractivity contribution in [3.63, 3.8) is 0 Å². The van der Waals surface area contributed by atoms with Crippen molar-refractivity contribution < 1.29 is 4.74 Å². The minimum atomic E-state index is 0.588. The number of nitrogens with one attached hydrogen (secondary N) is 2. The zero-order valence-electron chi connectivity index (χ0n) is 8.48. The number of aryl methyl sites for hydroxylation is 1. The summed E-state index contributed by atoms with van der Waals surface area (Å²) in [5.74, 6) is 1.18. The molecule has 0 amide bonds. The SMILES string of the molecule is COc1ccc(Nc2ncn[nH]2)c(C)n1. The van der Waals surface area contributed by atoms with Gasteiger partial charge in [0.1, 0.15) is 6.33 Å². The first kappa shape index (κ1) is 9.45. The highest BCUT2D eigenvalue weighted by molar-refractivity contribution is 5.56. The molecule has 0 aliphatic heterocycles. The molecular weight excluding hydrogens is 194 g/mol. The number of hydrogen-bond donors (Lipinski definition) is 2. The molecule has 0 atom stereocenters. The molecule has 0 aliphatic carbocycles. The Balaban J connectivity index is 2.22. The van der Waals surface area contributed by atoms with Crippen molar-refractivity contribution >= 4 is 11.6 Å². The predicted octanol–water partition coefficient (Wildman–Crippen LogP) is 1.26. The van der Waals surface area contributed by atoms with Gasteiger partial charge in [-0.2, -0.15) is 10.1 Å². The molecule has 0 spiro atoms. The van der Waals surface area contributed by atoms with Gasteiger partial charge in [-0.3, -0.25) is 0 Å². The van der Waals surface area contributed by atoms with E-state index < -0.39 is 0 Å². The van der Waals surface area contributed by atoms with Crippen LogP contribution in [0.5, 0.6) is 5.88 Å². The third-order valence-electron chi connectivity index (χ3n) is 1.94. The maximum Gasteiger partial charge on any atom is 0.222 e. The fraction of sp³-hybridized carbons (Fsp3) is 0.222. The molecule has 0 radical (unpaired) electrons. The molecule has 2 rings (SSSR count). The lowest BCUT2D eigenvalue weighted by Crippen LogP contribution is -1.98. The predicted molar refractivity (Wildman–Crippen MR) is 55.2 cm³/mol. The molecule has 0 bridgehead atoms. The zero-order chi connectivity index (χ0) is 10.7. The van der Waals surface area contributed by atoms with Gasteiger partial charge in [-0.05, 0) is 13.0 Å². The number of ether oxygens (including phenoxy) is 1. The molecule has 2 heterocycles. The minimum Gasteiger partial charge on any atom is -0.481 e. The van der Waals surface area contributed by atoms with Crippen LogP contribution in [0.3, 0.4) is 0 Å². The van der Waals surface area contributed by atoms with Gasteiger partial charge in [0.15, 0.2) is 0 Å². The molecule has 6 nitrogen and oxygen atoms in total. The second-order valence-electron chi connectivity index (χ2n) is 2.95. The lowest BCUT2D eigenvalue weighted by molar-refractivity contribution is 0.397. The zero-order valence-corrected chi connectivity index (χ0v) is 8.48. The van der Waals surface area contributed by atoms with E-state index in [0.717, 1.165) is 11.4 Å². The minimum absolute atomic E-state index is 0.588. The van der Waals surface area contributed by atoms with Crippen molar-refractivity contribution in [1.82, 2.24) is 20.2 Å². The largest absolute Gasteiger partial charge is 0.481 e. The van der Waals surface area contributed by atoms with Crippen molar-refractivity contribution in [3.05, 3.63) is 24.2 Å². The number of hydrogen-bond acceptors (Lipinski definition) is 5. The van der Waals surface area contributed by atoms with Crippen LogP contribution >= 0.6 is 0 Å². The molecule has 15 heavy (non-hydrogen) atoms. The Morgan fingerprint density at radius 2 is 2.27 bits per heavy atom. The number of nitrogens with zero attached hydrogens (tertiary/aromatic N) is 3. The van der Waals surface area contributed by atoms with E-state index in [1.165, 1.54) is 6.33 Å². The van der Waals surface area contributed by atoms with Crippen LogP contribution in [0.15, 0.2) is 18.5 Å². The summed E-state index contributed by atoms with van der Waals surface area (Å²) in [5, 5.41) is 9.50. The number of pyridine rings is 1. The Morgan fingerprint density at radius 1 is 1.40 bits per heavy atom. The molecule has 0 saturated carbocycles. The Hall–Kier alpha value is -2.11. The van der Waals surface area contributed by atoms with Gasteiger partial charge >= 0.3 is 0 Å². The highest BCUT2D eigenvalue weighted by Crippen LogP contribution is 2.18. The van der Waals surface area contributed by atoms with Crippen LogP contribution in [0.1, 0.15) is 5.69 Å². The average molecular weight is 205 g/mol. The summed E-state index contributed by atoms with van der Waals surface area (Å²) >= 11 is 0. The molecule has 2 aromatic heterocycles. The molecule has 0 saturated heterocycles. The second kappa shape index (κ2) is 3.95. The van der Waals surface area contributed by atoms with Crippen molar-refractivity contribution in [2.24, 2.45) is 0 Å². The van der Waals surface area contributed by atoms with E-state index in [4.69, 9.17) is 4.74 Å². The summed E-state index contributed by atoms with van der Waals surface area (Å²) in [6, 6.07) is 3.66. The van der Waals surface area contributed by atoms with Crippen LogP contribution in [-0.2, 0) is 0 Å². The molecule has 78 valence electrons. The summed E-state index contributed by atoms with van der Waals surface area (Å²) in [5.41, 5.74) is 1.71. The molecule has 0 fully saturated rings. The van der Waals surface area contributed by atoms with Gasteiger partial charge in [0.2, 0.25) is 11.8 Å². The van der Waals surface area contributed by atoms with Crippen LogP contribution < -0.4 is 10.1 Å². The summed E-state index contributed by atoms with van der Waals surface area (Å²) < 4.78 is 5.01. The van der Waals surface area contributed by atoms with Gasteiger partial charge < -0.3 is 10.1 Å². The number of rotatable bonds is 3. The average Bonchev–Trinajstić information content (AvgIpc) is 2.74. The second-order valence-corrected chi connectivity index (χ2v) is 2.95. The quantitative estimate of drug-likeness (QED) is 0.788. The van der Waals surface area contributed by atoms with Crippen LogP contribution in [0, 0.1) is 6.92 Å². The summed E-state index contributed by atoms with van der Waals surface area (Å²) in [7, 11) is 1.59. The Bertz CT molecular complexity index is 440. The lowest BCUT2D eigenvalue weighted by Gasteiger charge is -2.06. The molecule has 2 N–H and O–H groups in total. The van der Waals surface area contributed by atoms with Gasteiger partial charge in [-0.1, -0.05) is 0 Å². The molecule has 0 aliphatic rings. The smallest absolute Gasteiger partial charge is 0.222 e. The Labute approximate surface area is 86.7 Å². The molecule has 0 aromatic carbocycles. The fourth-order valence-electron chi connectivity index (χ4n) is 1.18. The summed E-state index contributed by atoms with van der Waals surface area (Å²) in [4.78, 5) is 8.18. The van der Waals surface area contributed by atoms with Crippen molar-refractivity contribution in [3.8, 4) is 5.88 Å². The van der Waals surface area contributed by atoms with E-state index in [1.54, 1.807) is 13.2 Å². The van der Waals surface area contributed by atoms with Gasteiger partial charge in [-0.25, -0.2) is 10.1 Å². The topological polar surface area (TPSA) is 75.7 Å². The number of aromatic nitrogens is 4. The fourth-order valence-corrected chi connectivity index (χ4v) is 1.18. The maximum atomic E-state index is 5.01. The van der Waals surface area contributed by atoms with E-state index in [1.807, 2.05) is 13.0 Å². The maximum absolute atomic E-state index is 5.01. The highest BCUT2D eigenvalue weighted by Gasteiger charge is 2.03. The number of H-pyrrole nitrogens is 1. The first-order valence-electron chi connectivity index (χ1n) is 4.43. The van der Waals surface area contributed by atoms with Gasteiger partial charge in [0.05, 0.1) is 18.5 Å². The van der Waals surface area contributed by atoms with Gasteiger partial charge in [-0.15, -0.1) is 0 Å². The molecular formula is C9H11N5O. The van der Waals surface area contributed by atoms with Crippen molar-refractivity contribution in [2.75, 3.05) is 12.4 Å². The van der Waals surface area contributed by atoms with Crippen LogP contribution in [0.4, 0.5) is 11.6 Å². The number of methoxy groups -OCH3 is 1. The monoisotopic (exact) mass is 205 g/mol. The summed E-state index contributed by atoms with van der Waals surface area (Å²) in [6.07, 6.45) is 1.44. The van der Waals surface area contributed by atoms with Gasteiger partial charge in [0.25, 0.3) is 0 Å². The Kier molecular flexibility index (Phi) is 2.49. The van der Waals surface area contributed by atoms with Crippen molar-refractivity contribution in [1.29, 1.82) is 0 Å². The van der Waals surface area contributed by atoms with E-state index in [9.17, 15) is 0 Å². The Morgan fingerprint density at radius 3 is 2.87 bits per heavy atom. The third-order valence-corrected chi connectivity index (χ3v) is 1.94. The number of aromatic amines is 1. The van der Waals surface area contributed by atoms with Crippen LogP contribution in [0.2, 0.25) is 0 Å². The summed E-state index contributed by atoms with van der Waals surface area (Å²) in [6.45, 7) is 1.89. The van der Waals surface area contributed by atoms with E-state index >= 15 is 0 Å². The highest BCUT2D eigenvalue weighted by atomic mass is 16.5. The van der Waals surface area contributed by atoms with E-state index in [2.05, 4.69) is 25.5 Å². The normalized spacial score (nSPS) is 10.0. The van der Waals surface area contributed by atoms with Crippen LogP contribution in [0.25, 0.3) is 0 Å². The van der Waals surface area contributed by atoms with E-state index in [0.29, 0.717) is 11.8 Å². The molecule has 2 aromatic rings. The lowest BCUT2D eigenvalue weighted by atomic mass is 10.3.